The summed E-state index contributed by atoms with van der Waals surface area (Å²) in [5.41, 5.74) is 0.907. The van der Waals surface area contributed by atoms with Crippen molar-refractivity contribution < 1.29 is 19.1 Å². The molecule has 0 spiro atoms. The van der Waals surface area contributed by atoms with Gasteiger partial charge < -0.3 is 14.3 Å². The summed E-state index contributed by atoms with van der Waals surface area (Å²) in [4.78, 5) is 12.8. The lowest BCUT2D eigenvalue weighted by atomic mass is 9.76. The van der Waals surface area contributed by atoms with Crippen molar-refractivity contribution in [3.63, 3.8) is 0 Å². The summed E-state index contributed by atoms with van der Waals surface area (Å²) < 4.78 is 15.3. The molecule has 2 radical (unpaired) electrons. The van der Waals surface area contributed by atoms with Crippen LogP contribution in [0.2, 0.25) is 5.04 Å². The molecule has 0 fully saturated rings. The summed E-state index contributed by atoms with van der Waals surface area (Å²) in [6.07, 6.45) is 0.235. The fourth-order valence-corrected chi connectivity index (χ4v) is 9.13. The van der Waals surface area contributed by atoms with E-state index in [4.69, 9.17) is 9.16 Å². The third-order valence-corrected chi connectivity index (χ3v) is 11.5. The Morgan fingerprint density at radius 2 is 1.33 bits per heavy atom. The first-order chi connectivity index (χ1) is 15.3. The minimum Gasteiger partial charge on any atom is -0.516 e. The summed E-state index contributed by atoms with van der Waals surface area (Å²) in [5.74, 6) is 2.75. The number of aromatic hydroxyl groups is 1. The molecule has 0 aliphatic carbocycles. The van der Waals surface area contributed by atoms with Crippen molar-refractivity contribution in [1.29, 1.82) is 0 Å². The predicted octanol–water partition coefficient (Wildman–Crippen LogP) is 8.43. The van der Waals surface area contributed by atoms with Crippen LogP contribution in [0.15, 0.2) is 24.3 Å². The minimum absolute atomic E-state index is 0.0185. The van der Waals surface area contributed by atoms with E-state index in [1.165, 1.54) is 0 Å². The molecule has 4 nitrogen and oxygen atoms in total. The van der Waals surface area contributed by atoms with Gasteiger partial charge in [-0.2, -0.15) is 0 Å². The molecule has 9 heteroatoms. The monoisotopic (exact) mass is 916 g/mol. The lowest BCUT2D eigenvalue weighted by Gasteiger charge is -2.43. The molecule has 0 unspecified atom stereocenters. The molecule has 2 aromatic rings. The number of phenolic OH excluding ortho intramolecular Hbond substituents is 1. The van der Waals surface area contributed by atoms with Crippen molar-refractivity contribution in [1.82, 2.24) is 0 Å². The molecule has 0 saturated heterocycles. The van der Waals surface area contributed by atoms with E-state index < -0.39 is 0 Å². The molecular formula is C24H28I4O4Si. The van der Waals surface area contributed by atoms with Gasteiger partial charge in [0.05, 0.1) is 20.7 Å². The largest absolute Gasteiger partial charge is 0.516 e. The Balaban J connectivity index is 2.16. The van der Waals surface area contributed by atoms with Crippen molar-refractivity contribution in [2.45, 2.75) is 53.0 Å². The van der Waals surface area contributed by atoms with Crippen LogP contribution < -0.4 is 4.74 Å². The van der Waals surface area contributed by atoms with Gasteiger partial charge in [-0.05, 0) is 138 Å². The number of ether oxygens (including phenoxy) is 1. The zero-order valence-corrected chi connectivity index (χ0v) is 29.1. The smallest absolute Gasteiger partial charge is 0.322 e. The van der Waals surface area contributed by atoms with E-state index in [-0.39, 0.29) is 32.9 Å². The highest BCUT2D eigenvalue weighted by molar-refractivity contribution is 14.1. The lowest BCUT2D eigenvalue weighted by molar-refractivity contribution is -0.134. The summed E-state index contributed by atoms with van der Waals surface area (Å²) >= 11 is 8.65. The van der Waals surface area contributed by atoms with Gasteiger partial charge in [0.2, 0.25) is 0 Å². The molecule has 0 aliphatic rings. The first-order valence-corrected chi connectivity index (χ1v) is 15.8. The molecule has 0 bridgehead atoms. The molecule has 0 heterocycles. The number of hydrogen-bond donors (Lipinski definition) is 1. The highest BCUT2D eigenvalue weighted by Gasteiger charge is 2.43. The molecular weight excluding hydrogens is 888 g/mol. The van der Waals surface area contributed by atoms with Crippen molar-refractivity contribution in [3.8, 4) is 17.2 Å². The Bertz CT molecular complexity index is 940. The van der Waals surface area contributed by atoms with E-state index in [9.17, 15) is 9.90 Å². The van der Waals surface area contributed by atoms with Crippen molar-refractivity contribution in [2.24, 2.45) is 17.8 Å². The van der Waals surface area contributed by atoms with Crippen molar-refractivity contribution in [2.75, 3.05) is 0 Å². The van der Waals surface area contributed by atoms with E-state index in [0.717, 1.165) is 25.6 Å². The van der Waals surface area contributed by atoms with E-state index in [2.05, 4.69) is 132 Å². The molecule has 2 rings (SSSR count). The van der Waals surface area contributed by atoms with Crippen LogP contribution in [0, 0.1) is 32.0 Å². The number of hydrogen-bond acceptors (Lipinski definition) is 4. The van der Waals surface area contributed by atoms with Crippen LogP contribution in [-0.4, -0.2) is 20.8 Å². The third kappa shape index (κ3) is 7.34. The number of benzene rings is 2. The van der Waals surface area contributed by atoms with Crippen molar-refractivity contribution >= 4 is 106 Å². The van der Waals surface area contributed by atoms with E-state index in [0.29, 0.717) is 23.5 Å². The standard InChI is InChI=1S/C24H28I4O4Si/c1-12(2)24(13(3)4,14(5)6)33-32-21(29)9-15-7-19(27)23(20(28)8-15)31-16-10-17(25)22(30)18(26)11-16/h7-8,10-14,30H,9H2,1-6H3. The molecule has 33 heavy (non-hydrogen) atoms. The Morgan fingerprint density at radius 1 is 0.879 bits per heavy atom. The highest BCUT2D eigenvalue weighted by atomic mass is 127. The maximum absolute atomic E-state index is 12.8. The zero-order chi connectivity index (χ0) is 25.1. The first-order valence-electron chi connectivity index (χ1n) is 10.6. The molecule has 1 N–H and O–H groups in total. The van der Waals surface area contributed by atoms with Crippen LogP contribution >= 0.6 is 90.4 Å². The Morgan fingerprint density at radius 3 is 1.76 bits per heavy atom. The molecule has 0 atom stereocenters. The van der Waals surface area contributed by atoms with Crippen LogP contribution in [0.5, 0.6) is 17.2 Å². The van der Waals surface area contributed by atoms with Crippen LogP contribution in [0.3, 0.4) is 0 Å². The second-order valence-corrected chi connectivity index (χ2v) is 14.8. The Hall–Kier alpha value is 0.647. The minimum atomic E-state index is -0.192. The summed E-state index contributed by atoms with van der Waals surface area (Å²) in [5, 5.41) is 9.98. The number of carbonyl (C=O) groups is 1. The van der Waals surface area contributed by atoms with Gasteiger partial charge in [-0.25, -0.2) is 0 Å². The maximum Gasteiger partial charge on any atom is 0.322 e. The summed E-state index contributed by atoms with van der Waals surface area (Å²) in [6, 6.07) is 7.56. The van der Waals surface area contributed by atoms with Crippen LogP contribution in [-0.2, 0) is 15.6 Å². The van der Waals surface area contributed by atoms with Gasteiger partial charge in [0.1, 0.15) is 11.5 Å². The topological polar surface area (TPSA) is 55.8 Å². The SMILES string of the molecule is CC(C)C([Si]OC(=O)Cc1cc(I)c(Oc2cc(I)c(O)c(I)c2)c(I)c1)(C(C)C)C(C)C. The van der Waals surface area contributed by atoms with Gasteiger partial charge in [0.15, 0.2) is 5.75 Å². The second kappa shape index (κ2) is 12.7. The fraction of sp³-hybridized carbons (Fsp3) is 0.458. The molecule has 0 aliphatic heterocycles. The van der Waals surface area contributed by atoms with Crippen LogP contribution in [0.1, 0.15) is 47.1 Å². The highest BCUT2D eigenvalue weighted by Crippen LogP contribution is 2.49. The Labute approximate surface area is 254 Å². The molecule has 0 saturated carbocycles. The maximum atomic E-state index is 12.8. The predicted molar refractivity (Wildman–Crippen MR) is 168 cm³/mol. The van der Waals surface area contributed by atoms with E-state index in [1.54, 1.807) is 12.1 Å². The van der Waals surface area contributed by atoms with Gasteiger partial charge in [-0.15, -0.1) is 0 Å². The Kier molecular flexibility index (Phi) is 11.5. The van der Waals surface area contributed by atoms with Crippen LogP contribution in [0.4, 0.5) is 0 Å². The molecule has 0 aromatic heterocycles. The van der Waals surface area contributed by atoms with E-state index in [1.807, 2.05) is 12.1 Å². The van der Waals surface area contributed by atoms with Gasteiger partial charge in [0, 0.05) is 5.04 Å². The zero-order valence-electron chi connectivity index (χ0n) is 19.4. The number of halogens is 4. The fourth-order valence-electron chi connectivity index (χ4n) is 4.23. The van der Waals surface area contributed by atoms with Gasteiger partial charge in [0.25, 0.3) is 5.97 Å². The third-order valence-electron chi connectivity index (χ3n) is 5.82. The quantitative estimate of drug-likeness (QED) is 0.203. The van der Waals surface area contributed by atoms with E-state index >= 15 is 0 Å². The lowest BCUT2D eigenvalue weighted by Crippen LogP contribution is -2.39. The number of carbonyl (C=O) groups excluding carboxylic acids is 1. The average molecular weight is 916 g/mol. The first kappa shape index (κ1) is 29.9. The normalized spacial score (nSPS) is 12.0. The van der Waals surface area contributed by atoms with Crippen molar-refractivity contribution in [3.05, 3.63) is 44.1 Å². The van der Waals surface area contributed by atoms with Gasteiger partial charge >= 0.3 is 9.76 Å². The van der Waals surface area contributed by atoms with Gasteiger partial charge in [-0.1, -0.05) is 41.5 Å². The second-order valence-electron chi connectivity index (χ2n) is 8.88. The van der Waals surface area contributed by atoms with Gasteiger partial charge in [-0.3, -0.25) is 4.79 Å². The van der Waals surface area contributed by atoms with Crippen LogP contribution in [0.25, 0.3) is 0 Å². The number of phenols is 1. The molecule has 180 valence electrons. The average Bonchev–Trinajstić information content (AvgIpc) is 2.68. The molecule has 0 amide bonds. The molecule has 2 aromatic carbocycles. The summed E-state index contributed by atoms with van der Waals surface area (Å²) in [7, 11) is 0.136. The number of rotatable bonds is 9. The summed E-state index contributed by atoms with van der Waals surface area (Å²) in [6.45, 7) is 13.3.